The number of amides is 1. The van der Waals surface area contributed by atoms with E-state index in [0.29, 0.717) is 13.1 Å². The van der Waals surface area contributed by atoms with Gasteiger partial charge < -0.3 is 10.6 Å². The highest BCUT2D eigenvalue weighted by atomic mass is 16.2. The standard InChI is InChI=1S/C20H28N4O/c1-13(10-17-14(2)22-23(4)15(17)3)20(25)24-11-18(19(21)12-24)16-8-6-5-7-9-16/h5-9,13,18-19H,10-12,21H2,1-4H3/t13?,18-,19+/m0/s1. The number of rotatable bonds is 4. The molecule has 2 heterocycles. The van der Waals surface area contributed by atoms with E-state index in [1.54, 1.807) is 0 Å². The van der Waals surface area contributed by atoms with E-state index in [0.717, 1.165) is 17.8 Å². The van der Waals surface area contributed by atoms with Crippen LogP contribution in [0, 0.1) is 19.8 Å². The fourth-order valence-corrected chi connectivity index (χ4v) is 3.88. The van der Waals surface area contributed by atoms with Gasteiger partial charge in [0.25, 0.3) is 0 Å². The first-order chi connectivity index (χ1) is 11.9. The minimum absolute atomic E-state index is 0.000383. The van der Waals surface area contributed by atoms with Crippen LogP contribution in [0.2, 0.25) is 0 Å². The van der Waals surface area contributed by atoms with Crippen LogP contribution in [0.1, 0.15) is 35.4 Å². The number of nitrogens with two attached hydrogens (primary N) is 1. The number of nitrogens with zero attached hydrogens (tertiary/aromatic N) is 3. The highest BCUT2D eigenvalue weighted by Gasteiger charge is 2.35. The van der Waals surface area contributed by atoms with E-state index in [1.807, 2.05) is 48.7 Å². The Labute approximate surface area is 149 Å². The Morgan fingerprint density at radius 3 is 2.56 bits per heavy atom. The highest BCUT2D eigenvalue weighted by Crippen LogP contribution is 2.28. The first-order valence-electron chi connectivity index (χ1n) is 8.96. The predicted molar refractivity (Wildman–Crippen MR) is 99.3 cm³/mol. The smallest absolute Gasteiger partial charge is 0.225 e. The Balaban J connectivity index is 1.69. The van der Waals surface area contributed by atoms with Gasteiger partial charge in [-0.1, -0.05) is 37.3 Å². The maximum atomic E-state index is 12.9. The lowest BCUT2D eigenvalue weighted by atomic mass is 9.95. The van der Waals surface area contributed by atoms with Crippen molar-refractivity contribution in [2.75, 3.05) is 13.1 Å². The fraction of sp³-hybridized carbons (Fsp3) is 0.500. The Kier molecular flexibility index (Phi) is 4.95. The van der Waals surface area contributed by atoms with Gasteiger partial charge in [-0.15, -0.1) is 0 Å². The maximum Gasteiger partial charge on any atom is 0.225 e. The molecule has 0 bridgehead atoms. The molecule has 1 saturated heterocycles. The van der Waals surface area contributed by atoms with Crippen LogP contribution in [-0.4, -0.2) is 39.7 Å². The molecule has 25 heavy (non-hydrogen) atoms. The van der Waals surface area contributed by atoms with Gasteiger partial charge in [-0.2, -0.15) is 5.10 Å². The zero-order valence-corrected chi connectivity index (χ0v) is 15.6. The molecule has 0 radical (unpaired) electrons. The van der Waals surface area contributed by atoms with Crippen molar-refractivity contribution in [3.63, 3.8) is 0 Å². The van der Waals surface area contributed by atoms with Gasteiger partial charge in [0.15, 0.2) is 0 Å². The van der Waals surface area contributed by atoms with Crippen LogP contribution in [0.5, 0.6) is 0 Å². The number of carbonyl (C=O) groups is 1. The van der Waals surface area contributed by atoms with E-state index in [4.69, 9.17) is 5.73 Å². The number of hydrogen-bond acceptors (Lipinski definition) is 3. The first kappa shape index (κ1) is 17.7. The minimum atomic E-state index is -0.0664. The molecule has 1 fully saturated rings. The molecule has 2 N–H and O–H groups in total. The number of likely N-dealkylation sites (tertiary alicyclic amines) is 1. The van der Waals surface area contributed by atoms with Crippen LogP contribution in [0.25, 0.3) is 0 Å². The van der Waals surface area contributed by atoms with Crippen LogP contribution < -0.4 is 5.73 Å². The first-order valence-corrected chi connectivity index (χ1v) is 8.96. The molecule has 134 valence electrons. The molecular formula is C20H28N4O. The quantitative estimate of drug-likeness (QED) is 0.928. The molecule has 2 aromatic rings. The van der Waals surface area contributed by atoms with Gasteiger partial charge in [0, 0.05) is 43.7 Å². The summed E-state index contributed by atoms with van der Waals surface area (Å²) in [6.45, 7) is 7.42. The molecule has 1 aromatic carbocycles. The van der Waals surface area contributed by atoms with Gasteiger partial charge >= 0.3 is 0 Å². The van der Waals surface area contributed by atoms with Crippen molar-refractivity contribution in [1.82, 2.24) is 14.7 Å². The summed E-state index contributed by atoms with van der Waals surface area (Å²) in [4.78, 5) is 14.9. The number of aryl methyl sites for hydroxylation is 2. The van der Waals surface area contributed by atoms with Gasteiger partial charge in [0.2, 0.25) is 5.91 Å². The molecule has 0 aliphatic carbocycles. The summed E-state index contributed by atoms with van der Waals surface area (Å²) in [5.74, 6) is 0.346. The summed E-state index contributed by atoms with van der Waals surface area (Å²) in [5.41, 5.74) is 10.9. The number of hydrogen-bond donors (Lipinski definition) is 1. The number of carbonyl (C=O) groups excluding carboxylic acids is 1. The van der Waals surface area contributed by atoms with E-state index in [1.165, 1.54) is 11.1 Å². The SMILES string of the molecule is Cc1nn(C)c(C)c1CC(C)C(=O)N1C[C@@H](N)[C@H](c2ccccc2)C1. The van der Waals surface area contributed by atoms with Gasteiger partial charge in [-0.05, 0) is 31.4 Å². The van der Waals surface area contributed by atoms with Gasteiger partial charge in [-0.25, -0.2) is 0 Å². The van der Waals surface area contributed by atoms with Crippen molar-refractivity contribution in [3.8, 4) is 0 Å². The van der Waals surface area contributed by atoms with E-state index in [2.05, 4.69) is 24.2 Å². The molecule has 5 nitrogen and oxygen atoms in total. The van der Waals surface area contributed by atoms with Gasteiger partial charge in [-0.3, -0.25) is 9.48 Å². The van der Waals surface area contributed by atoms with Gasteiger partial charge in [0.1, 0.15) is 0 Å². The molecule has 1 aliphatic heterocycles. The average Bonchev–Trinajstić information content (AvgIpc) is 3.10. The summed E-state index contributed by atoms with van der Waals surface area (Å²) in [5, 5.41) is 4.46. The van der Waals surface area contributed by atoms with Crippen LogP contribution in [0.3, 0.4) is 0 Å². The molecular weight excluding hydrogens is 312 g/mol. The largest absolute Gasteiger partial charge is 0.340 e. The Morgan fingerprint density at radius 1 is 1.28 bits per heavy atom. The summed E-state index contributed by atoms with van der Waals surface area (Å²) < 4.78 is 1.89. The zero-order chi connectivity index (χ0) is 18.1. The minimum Gasteiger partial charge on any atom is -0.340 e. The topological polar surface area (TPSA) is 64.2 Å². The summed E-state index contributed by atoms with van der Waals surface area (Å²) >= 11 is 0. The normalized spacial score (nSPS) is 21.6. The summed E-state index contributed by atoms with van der Waals surface area (Å²) in [6, 6.07) is 10.3. The highest BCUT2D eigenvalue weighted by molar-refractivity contribution is 5.79. The number of benzene rings is 1. The van der Waals surface area contributed by atoms with E-state index < -0.39 is 0 Å². The summed E-state index contributed by atoms with van der Waals surface area (Å²) in [7, 11) is 1.95. The number of aromatic nitrogens is 2. The van der Waals surface area contributed by atoms with Crippen molar-refractivity contribution in [3.05, 3.63) is 52.8 Å². The van der Waals surface area contributed by atoms with E-state index in [-0.39, 0.29) is 23.8 Å². The monoisotopic (exact) mass is 340 g/mol. The third-order valence-electron chi connectivity index (χ3n) is 5.50. The second-order valence-corrected chi connectivity index (χ2v) is 7.30. The molecule has 1 aromatic heterocycles. The third-order valence-corrected chi connectivity index (χ3v) is 5.50. The Bertz CT molecular complexity index is 753. The van der Waals surface area contributed by atoms with Crippen LogP contribution in [0.4, 0.5) is 0 Å². The lowest BCUT2D eigenvalue weighted by Crippen LogP contribution is -2.36. The molecule has 1 amide bonds. The van der Waals surface area contributed by atoms with Crippen LogP contribution in [-0.2, 0) is 18.3 Å². The van der Waals surface area contributed by atoms with E-state index >= 15 is 0 Å². The molecule has 1 aliphatic rings. The average molecular weight is 340 g/mol. The predicted octanol–water partition coefficient (Wildman–Crippen LogP) is 2.17. The molecule has 5 heteroatoms. The Hall–Kier alpha value is -2.14. The van der Waals surface area contributed by atoms with Gasteiger partial charge in [0.05, 0.1) is 5.69 Å². The lowest BCUT2D eigenvalue weighted by Gasteiger charge is -2.21. The Morgan fingerprint density at radius 2 is 1.96 bits per heavy atom. The van der Waals surface area contributed by atoms with Crippen molar-refractivity contribution < 1.29 is 4.79 Å². The maximum absolute atomic E-state index is 12.9. The fourth-order valence-electron chi connectivity index (χ4n) is 3.88. The van der Waals surface area contributed by atoms with Crippen molar-refractivity contribution in [2.45, 2.75) is 39.2 Å². The molecule has 0 spiro atoms. The molecule has 0 saturated carbocycles. The van der Waals surface area contributed by atoms with Crippen molar-refractivity contribution in [2.24, 2.45) is 18.7 Å². The van der Waals surface area contributed by atoms with Crippen LogP contribution >= 0.6 is 0 Å². The summed E-state index contributed by atoms with van der Waals surface area (Å²) in [6.07, 6.45) is 0.728. The molecule has 3 atom stereocenters. The third kappa shape index (κ3) is 3.47. The van der Waals surface area contributed by atoms with E-state index in [9.17, 15) is 4.79 Å². The zero-order valence-electron chi connectivity index (χ0n) is 15.6. The molecule has 1 unspecified atom stereocenters. The second-order valence-electron chi connectivity index (χ2n) is 7.30. The van der Waals surface area contributed by atoms with Crippen LogP contribution in [0.15, 0.2) is 30.3 Å². The van der Waals surface area contributed by atoms with Crippen molar-refractivity contribution >= 4 is 5.91 Å². The van der Waals surface area contributed by atoms with Crippen molar-refractivity contribution in [1.29, 1.82) is 0 Å². The second kappa shape index (κ2) is 7.00. The lowest BCUT2D eigenvalue weighted by molar-refractivity contribution is -0.133. The molecule has 3 rings (SSSR count).